The number of aromatic nitrogens is 2. The van der Waals surface area contributed by atoms with E-state index >= 15 is 0 Å². The first-order valence-electron chi connectivity index (χ1n) is 6.74. The van der Waals surface area contributed by atoms with Gasteiger partial charge in [-0.3, -0.25) is 14.3 Å². The van der Waals surface area contributed by atoms with Crippen molar-refractivity contribution >= 4 is 23.5 Å². The third kappa shape index (κ3) is 3.96. The molecule has 110 valence electrons. The van der Waals surface area contributed by atoms with E-state index in [4.69, 9.17) is 16.7 Å². The highest BCUT2D eigenvalue weighted by molar-refractivity contribution is 6.30. The van der Waals surface area contributed by atoms with Crippen LogP contribution in [0.5, 0.6) is 0 Å². The molecule has 0 aliphatic heterocycles. The van der Waals surface area contributed by atoms with Crippen molar-refractivity contribution < 1.29 is 14.7 Å². The predicted octanol–water partition coefficient (Wildman–Crippen LogP) is 1.54. The Bertz CT molecular complexity index is 489. The van der Waals surface area contributed by atoms with Crippen LogP contribution in [0.4, 0.5) is 0 Å². The number of aryl methyl sites for hydroxylation is 1. The number of carboxylic acids is 1. The number of carboxylic acid groups (broad SMARTS) is 1. The molecule has 2 rings (SSSR count). The number of carbonyl (C=O) groups is 2. The predicted molar refractivity (Wildman–Crippen MR) is 73.3 cm³/mol. The summed E-state index contributed by atoms with van der Waals surface area (Å²) >= 11 is 5.75. The third-order valence-electron chi connectivity index (χ3n) is 3.62. The topological polar surface area (TPSA) is 84.2 Å². The second-order valence-electron chi connectivity index (χ2n) is 5.11. The van der Waals surface area contributed by atoms with Gasteiger partial charge < -0.3 is 10.4 Å². The lowest BCUT2D eigenvalue weighted by Crippen LogP contribution is -2.31. The molecular formula is C13H18ClN3O3. The normalized spacial score (nSPS) is 21.9. The molecule has 0 saturated heterocycles. The zero-order chi connectivity index (χ0) is 14.5. The van der Waals surface area contributed by atoms with Crippen molar-refractivity contribution in [2.75, 3.05) is 6.54 Å². The largest absolute Gasteiger partial charge is 0.481 e. The minimum Gasteiger partial charge on any atom is -0.481 e. The van der Waals surface area contributed by atoms with Crippen LogP contribution in [0.3, 0.4) is 0 Å². The van der Waals surface area contributed by atoms with E-state index in [0.29, 0.717) is 37.4 Å². The van der Waals surface area contributed by atoms with Crippen LogP contribution in [0.25, 0.3) is 0 Å². The molecule has 1 fully saturated rings. The summed E-state index contributed by atoms with van der Waals surface area (Å²) in [6.07, 6.45) is 5.79. The molecule has 2 atom stereocenters. The molecule has 1 heterocycles. The minimum atomic E-state index is -0.795. The standard InChI is InChI=1S/C13H18ClN3O3/c14-11-7-16-17(8-11)5-1-4-15-12(18)9-2-3-10(6-9)13(19)20/h7-10H,1-6H2,(H,15,18)(H,19,20)/t9-,10+/m0/s1. The van der Waals surface area contributed by atoms with E-state index in [-0.39, 0.29) is 17.7 Å². The van der Waals surface area contributed by atoms with Crippen molar-refractivity contribution in [2.24, 2.45) is 11.8 Å². The summed E-state index contributed by atoms with van der Waals surface area (Å²) in [5, 5.41) is 16.4. The molecule has 2 N–H and O–H groups in total. The maximum Gasteiger partial charge on any atom is 0.306 e. The molecule has 1 aromatic rings. The van der Waals surface area contributed by atoms with Crippen LogP contribution < -0.4 is 5.32 Å². The Hall–Kier alpha value is -1.56. The number of hydrogen-bond donors (Lipinski definition) is 2. The molecule has 0 bridgehead atoms. The SMILES string of the molecule is O=C(O)[C@@H]1CC[C@H](C(=O)NCCCn2cc(Cl)cn2)C1. The van der Waals surface area contributed by atoms with Gasteiger partial charge >= 0.3 is 5.97 Å². The van der Waals surface area contributed by atoms with Crippen molar-refractivity contribution in [3.8, 4) is 0 Å². The summed E-state index contributed by atoms with van der Waals surface area (Å²) in [5.41, 5.74) is 0. The highest BCUT2D eigenvalue weighted by Gasteiger charge is 2.33. The van der Waals surface area contributed by atoms with Crippen LogP contribution in [0.2, 0.25) is 5.02 Å². The van der Waals surface area contributed by atoms with Crippen molar-refractivity contribution in [3.05, 3.63) is 17.4 Å². The molecule has 1 amide bonds. The number of nitrogens with one attached hydrogen (secondary N) is 1. The Morgan fingerprint density at radius 1 is 1.45 bits per heavy atom. The Kier molecular flexibility index (Phi) is 5.00. The van der Waals surface area contributed by atoms with Crippen molar-refractivity contribution in [1.82, 2.24) is 15.1 Å². The van der Waals surface area contributed by atoms with Gasteiger partial charge in [0.2, 0.25) is 5.91 Å². The number of nitrogens with zero attached hydrogens (tertiary/aromatic N) is 2. The maximum atomic E-state index is 11.9. The second-order valence-corrected chi connectivity index (χ2v) is 5.55. The van der Waals surface area contributed by atoms with E-state index in [9.17, 15) is 9.59 Å². The van der Waals surface area contributed by atoms with Crippen LogP contribution in [0.15, 0.2) is 12.4 Å². The van der Waals surface area contributed by atoms with Gasteiger partial charge in [-0.15, -0.1) is 0 Å². The van der Waals surface area contributed by atoms with Crippen LogP contribution in [-0.4, -0.2) is 33.3 Å². The van der Waals surface area contributed by atoms with Gasteiger partial charge in [-0.05, 0) is 25.7 Å². The van der Waals surface area contributed by atoms with E-state index in [1.807, 2.05) is 0 Å². The fraction of sp³-hybridized carbons (Fsp3) is 0.615. The zero-order valence-electron chi connectivity index (χ0n) is 11.1. The number of amides is 1. The van der Waals surface area contributed by atoms with Gasteiger partial charge in [0.15, 0.2) is 0 Å². The molecule has 0 aromatic carbocycles. The quantitative estimate of drug-likeness (QED) is 0.781. The van der Waals surface area contributed by atoms with Crippen LogP contribution in [0.1, 0.15) is 25.7 Å². The summed E-state index contributed by atoms with van der Waals surface area (Å²) < 4.78 is 1.73. The van der Waals surface area contributed by atoms with E-state index in [0.717, 1.165) is 6.42 Å². The number of carbonyl (C=O) groups excluding carboxylic acids is 1. The molecule has 1 aliphatic rings. The third-order valence-corrected chi connectivity index (χ3v) is 3.81. The molecule has 7 heteroatoms. The average molecular weight is 300 g/mol. The number of halogens is 1. The van der Waals surface area contributed by atoms with Crippen LogP contribution in [0, 0.1) is 11.8 Å². The highest BCUT2D eigenvalue weighted by Crippen LogP contribution is 2.31. The molecular weight excluding hydrogens is 282 g/mol. The van der Waals surface area contributed by atoms with E-state index < -0.39 is 5.97 Å². The van der Waals surface area contributed by atoms with Gasteiger partial charge in [0.1, 0.15) is 0 Å². The molecule has 1 aliphatic carbocycles. The van der Waals surface area contributed by atoms with Gasteiger partial charge in [-0.2, -0.15) is 5.10 Å². The van der Waals surface area contributed by atoms with Gasteiger partial charge in [0.25, 0.3) is 0 Å². The van der Waals surface area contributed by atoms with Gasteiger partial charge in [-0.1, -0.05) is 11.6 Å². The van der Waals surface area contributed by atoms with Crippen molar-refractivity contribution in [2.45, 2.75) is 32.2 Å². The lowest BCUT2D eigenvalue weighted by Gasteiger charge is -2.10. The molecule has 1 saturated carbocycles. The molecule has 0 spiro atoms. The summed E-state index contributed by atoms with van der Waals surface area (Å²) in [6, 6.07) is 0. The van der Waals surface area contributed by atoms with Crippen molar-refractivity contribution in [1.29, 1.82) is 0 Å². The number of hydrogen-bond acceptors (Lipinski definition) is 3. The fourth-order valence-electron chi connectivity index (χ4n) is 2.50. The first kappa shape index (κ1) is 14.8. The molecule has 0 unspecified atom stereocenters. The lowest BCUT2D eigenvalue weighted by molar-refractivity contribution is -0.141. The Morgan fingerprint density at radius 2 is 2.20 bits per heavy atom. The fourth-order valence-corrected chi connectivity index (χ4v) is 2.66. The Morgan fingerprint density at radius 3 is 2.80 bits per heavy atom. The summed E-state index contributed by atoms with van der Waals surface area (Å²) in [7, 11) is 0. The molecule has 1 aromatic heterocycles. The highest BCUT2D eigenvalue weighted by atomic mass is 35.5. The average Bonchev–Trinajstić information content (AvgIpc) is 3.03. The number of aliphatic carboxylic acids is 1. The second kappa shape index (κ2) is 6.74. The Balaban J connectivity index is 1.64. The summed E-state index contributed by atoms with van der Waals surface area (Å²) in [4.78, 5) is 22.7. The van der Waals surface area contributed by atoms with E-state index in [1.165, 1.54) is 0 Å². The van der Waals surface area contributed by atoms with Gasteiger partial charge in [0.05, 0.1) is 17.1 Å². The summed E-state index contributed by atoms with van der Waals surface area (Å²) in [6.45, 7) is 1.25. The Labute approximate surface area is 122 Å². The maximum absolute atomic E-state index is 11.9. The van der Waals surface area contributed by atoms with Crippen molar-refractivity contribution in [3.63, 3.8) is 0 Å². The number of rotatable bonds is 6. The molecule has 0 radical (unpaired) electrons. The monoisotopic (exact) mass is 299 g/mol. The smallest absolute Gasteiger partial charge is 0.306 e. The first-order valence-corrected chi connectivity index (χ1v) is 7.12. The van der Waals surface area contributed by atoms with Crippen LogP contribution in [-0.2, 0) is 16.1 Å². The van der Waals surface area contributed by atoms with E-state index in [2.05, 4.69) is 10.4 Å². The lowest BCUT2D eigenvalue weighted by atomic mass is 10.0. The van der Waals surface area contributed by atoms with Crippen LogP contribution >= 0.6 is 11.6 Å². The van der Waals surface area contributed by atoms with Gasteiger partial charge in [0, 0.05) is 25.2 Å². The first-order chi connectivity index (χ1) is 9.56. The minimum absolute atomic E-state index is 0.0350. The van der Waals surface area contributed by atoms with E-state index in [1.54, 1.807) is 17.1 Å². The zero-order valence-corrected chi connectivity index (χ0v) is 11.8. The summed E-state index contributed by atoms with van der Waals surface area (Å²) in [5.74, 6) is -1.35. The molecule has 6 nitrogen and oxygen atoms in total. The molecule has 20 heavy (non-hydrogen) atoms. The van der Waals surface area contributed by atoms with Gasteiger partial charge in [-0.25, -0.2) is 0 Å².